The normalized spacial score (nSPS) is 39.5. The number of fused-ring (bicyclic) bond motifs is 5. The van der Waals surface area contributed by atoms with E-state index in [-0.39, 0.29) is 18.1 Å². The highest BCUT2D eigenvalue weighted by molar-refractivity contribution is 5.68. The van der Waals surface area contributed by atoms with E-state index in [2.05, 4.69) is 40.7 Å². The van der Waals surface area contributed by atoms with E-state index >= 15 is 0 Å². The third-order valence-electron chi connectivity index (χ3n) is 13.5. The summed E-state index contributed by atoms with van der Waals surface area (Å²) in [5.74, 6) is 2.01. The fourth-order valence-electron chi connectivity index (χ4n) is 11.3. The Morgan fingerprint density at radius 3 is 2.12 bits per heavy atom. The average molecular weight is 717 g/mol. The number of carbonyl (C=O) groups excluding carboxylic acids is 4. The molecule has 0 aromatic heterocycles. The van der Waals surface area contributed by atoms with Gasteiger partial charge in [0.2, 0.25) is 0 Å². The van der Waals surface area contributed by atoms with Gasteiger partial charge in [-0.3, -0.25) is 19.2 Å². The fourth-order valence-corrected chi connectivity index (χ4v) is 11.3. The minimum atomic E-state index is -1.23. The van der Waals surface area contributed by atoms with Crippen LogP contribution in [-0.4, -0.2) is 67.3 Å². The Morgan fingerprint density at radius 1 is 0.804 bits per heavy atom. The van der Waals surface area contributed by atoms with Crippen molar-refractivity contribution in [3.63, 3.8) is 0 Å². The fraction of sp³-hybridized carbons (Fsp3) is 0.854. The first-order valence-electron chi connectivity index (χ1n) is 19.7. The largest absolute Gasteiger partial charge is 0.463 e. The number of hydrogen-bond donors (Lipinski definition) is 0. The quantitative estimate of drug-likeness (QED) is 0.114. The zero-order chi connectivity index (χ0) is 37.2. The molecule has 0 bridgehead atoms. The van der Waals surface area contributed by atoms with Gasteiger partial charge < -0.3 is 28.4 Å². The van der Waals surface area contributed by atoms with E-state index < -0.39 is 54.6 Å². The van der Waals surface area contributed by atoms with Crippen molar-refractivity contribution < 1.29 is 47.6 Å². The topological polar surface area (TPSA) is 124 Å². The molecule has 5 rings (SSSR count). The van der Waals surface area contributed by atoms with Crippen molar-refractivity contribution in [1.82, 2.24) is 0 Å². The van der Waals surface area contributed by atoms with Crippen molar-refractivity contribution in [3.05, 3.63) is 11.6 Å². The van der Waals surface area contributed by atoms with Crippen molar-refractivity contribution in [2.24, 2.45) is 46.3 Å². The highest BCUT2D eigenvalue weighted by Crippen LogP contribution is 2.67. The molecule has 0 N–H and O–H groups in total. The summed E-state index contributed by atoms with van der Waals surface area (Å²) in [7, 11) is 0. The van der Waals surface area contributed by atoms with Gasteiger partial charge in [0.1, 0.15) is 12.7 Å². The Bertz CT molecular complexity index is 1310. The van der Waals surface area contributed by atoms with Crippen LogP contribution in [0.5, 0.6) is 0 Å². The highest BCUT2D eigenvalue weighted by atomic mass is 16.7. The molecule has 0 amide bonds. The van der Waals surface area contributed by atoms with Crippen LogP contribution in [0.15, 0.2) is 11.6 Å². The van der Waals surface area contributed by atoms with Crippen LogP contribution in [0.2, 0.25) is 0 Å². The Labute approximate surface area is 305 Å². The summed E-state index contributed by atoms with van der Waals surface area (Å²) in [5, 5.41) is 0. The summed E-state index contributed by atoms with van der Waals surface area (Å²) in [4.78, 5) is 48.5. The number of carbonyl (C=O) groups is 4. The van der Waals surface area contributed by atoms with Gasteiger partial charge in [-0.1, -0.05) is 65.5 Å². The van der Waals surface area contributed by atoms with Crippen molar-refractivity contribution in [1.29, 1.82) is 0 Å². The number of esters is 4. The minimum absolute atomic E-state index is 0.104. The molecule has 0 spiro atoms. The Balaban J connectivity index is 1.32. The van der Waals surface area contributed by atoms with Gasteiger partial charge in [-0.2, -0.15) is 0 Å². The zero-order valence-corrected chi connectivity index (χ0v) is 32.6. The lowest BCUT2D eigenvalue weighted by Gasteiger charge is -2.58. The van der Waals surface area contributed by atoms with Crippen LogP contribution < -0.4 is 0 Å². The molecule has 3 saturated carbocycles. The van der Waals surface area contributed by atoms with E-state index in [0.717, 1.165) is 49.4 Å². The van der Waals surface area contributed by atoms with Gasteiger partial charge in [-0.15, -0.1) is 0 Å². The molecule has 10 heteroatoms. The number of allylic oxidation sites excluding steroid dienone is 1. The van der Waals surface area contributed by atoms with Crippen molar-refractivity contribution in [2.75, 3.05) is 6.61 Å². The van der Waals surface area contributed by atoms with Crippen molar-refractivity contribution >= 4 is 23.9 Å². The molecule has 1 heterocycles. The van der Waals surface area contributed by atoms with Gasteiger partial charge in [0.25, 0.3) is 0 Å². The molecule has 0 radical (unpaired) electrons. The van der Waals surface area contributed by atoms with Gasteiger partial charge in [0, 0.05) is 27.7 Å². The van der Waals surface area contributed by atoms with Crippen LogP contribution in [-0.2, 0) is 47.6 Å². The summed E-state index contributed by atoms with van der Waals surface area (Å²) < 4.78 is 35.0. The smallest absolute Gasteiger partial charge is 0.303 e. The molecule has 0 unspecified atom stereocenters. The number of rotatable bonds is 12. The maximum atomic E-state index is 12.3. The molecular weight excluding hydrogens is 652 g/mol. The first-order chi connectivity index (χ1) is 24.0. The maximum Gasteiger partial charge on any atom is 0.303 e. The predicted octanol–water partition coefficient (Wildman–Crippen LogP) is 7.50. The maximum absolute atomic E-state index is 12.3. The second kappa shape index (κ2) is 16.3. The lowest BCUT2D eigenvalue weighted by atomic mass is 9.47. The summed E-state index contributed by atoms with van der Waals surface area (Å²) in [6, 6.07) is 0. The molecule has 4 fully saturated rings. The summed E-state index contributed by atoms with van der Waals surface area (Å²) in [6.07, 6.45) is 9.39. The van der Waals surface area contributed by atoms with Crippen LogP contribution in [0.3, 0.4) is 0 Å². The Kier molecular flexibility index (Phi) is 12.7. The van der Waals surface area contributed by atoms with Gasteiger partial charge in [-0.05, 0) is 97.7 Å². The van der Waals surface area contributed by atoms with Crippen LogP contribution in [0.1, 0.15) is 133 Å². The zero-order valence-electron chi connectivity index (χ0n) is 32.6. The molecular formula is C41H64O10. The van der Waals surface area contributed by atoms with E-state index in [1.54, 1.807) is 0 Å². The lowest BCUT2D eigenvalue weighted by Crippen LogP contribution is -2.63. The second-order valence-corrected chi connectivity index (χ2v) is 17.4. The van der Waals surface area contributed by atoms with E-state index in [4.69, 9.17) is 28.4 Å². The number of hydrogen-bond acceptors (Lipinski definition) is 10. The van der Waals surface area contributed by atoms with Crippen molar-refractivity contribution in [3.8, 4) is 0 Å². The van der Waals surface area contributed by atoms with Gasteiger partial charge in [0.05, 0.1) is 6.10 Å². The van der Waals surface area contributed by atoms with E-state index in [1.807, 2.05) is 0 Å². The lowest BCUT2D eigenvalue weighted by molar-refractivity contribution is -0.318. The van der Waals surface area contributed by atoms with Crippen LogP contribution >= 0.6 is 0 Å². The highest BCUT2D eigenvalue weighted by Gasteiger charge is 2.60. The SMILES string of the molecule is CC(=O)OC[C@H]1O[C@@H](O[C@H]2CC[C@@]3(C)C(=CC[C@H]4[C@@H]5CC[C@H]([C@H](C)CCCC(C)C)[C@@]5(C)CC[C@@H]43)C2)[C@H](OC(C)=O)[C@@H](OC(C)=O)[C@H]1OC(C)=O. The standard InChI is InChI=1S/C41H64O10/c1-23(2)11-10-12-24(3)32-15-16-33-31-14-13-29-21-30(17-19-40(29,8)34(31)18-20-41(32,33)9)50-39-38(49-28(7)45)37(48-27(6)44)36(47-26(5)43)35(51-39)22-46-25(4)42/h13,23-24,30-39H,10-12,14-22H2,1-9H3/t24-,30+,31+,32-,33+,34+,35-,36+,37+,38-,39-,40+,41-/m1/s1. The molecule has 5 aliphatic rings. The molecule has 51 heavy (non-hydrogen) atoms. The molecule has 1 aliphatic heterocycles. The Hall–Kier alpha value is -2.46. The van der Waals surface area contributed by atoms with Gasteiger partial charge in [-0.25, -0.2) is 0 Å². The molecule has 288 valence electrons. The van der Waals surface area contributed by atoms with E-state index in [0.29, 0.717) is 17.3 Å². The summed E-state index contributed by atoms with van der Waals surface area (Å²) in [5.41, 5.74) is 1.97. The third kappa shape index (κ3) is 8.69. The molecule has 10 nitrogen and oxygen atoms in total. The summed E-state index contributed by atoms with van der Waals surface area (Å²) in [6.45, 7) is 17.0. The number of ether oxygens (including phenoxy) is 6. The molecule has 0 aromatic rings. The first-order valence-corrected chi connectivity index (χ1v) is 19.7. The third-order valence-corrected chi connectivity index (χ3v) is 13.5. The first kappa shape index (κ1) is 39.7. The molecule has 4 aliphatic carbocycles. The molecule has 1 saturated heterocycles. The predicted molar refractivity (Wildman–Crippen MR) is 190 cm³/mol. The average Bonchev–Trinajstić information content (AvgIpc) is 3.39. The molecule has 0 aromatic carbocycles. The molecule has 13 atom stereocenters. The van der Waals surface area contributed by atoms with E-state index in [9.17, 15) is 19.2 Å². The van der Waals surface area contributed by atoms with Crippen molar-refractivity contribution in [2.45, 2.75) is 170 Å². The van der Waals surface area contributed by atoms with Crippen LogP contribution in [0.4, 0.5) is 0 Å². The summed E-state index contributed by atoms with van der Waals surface area (Å²) >= 11 is 0. The van der Waals surface area contributed by atoms with Crippen LogP contribution in [0.25, 0.3) is 0 Å². The van der Waals surface area contributed by atoms with Gasteiger partial charge >= 0.3 is 23.9 Å². The van der Waals surface area contributed by atoms with Gasteiger partial charge in [0.15, 0.2) is 24.6 Å². The monoisotopic (exact) mass is 716 g/mol. The second-order valence-electron chi connectivity index (χ2n) is 17.4. The van der Waals surface area contributed by atoms with E-state index in [1.165, 1.54) is 78.2 Å². The Morgan fingerprint density at radius 2 is 1.47 bits per heavy atom. The van der Waals surface area contributed by atoms with Crippen LogP contribution in [0, 0.1) is 46.3 Å². The minimum Gasteiger partial charge on any atom is -0.463 e.